The highest BCUT2D eigenvalue weighted by Crippen LogP contribution is 2.13. The summed E-state index contributed by atoms with van der Waals surface area (Å²) < 4.78 is 17.3. The lowest BCUT2D eigenvalue weighted by molar-refractivity contribution is -0.887. The zero-order valence-electron chi connectivity index (χ0n) is 39.6. The molecule has 0 aromatic carbocycles. The Morgan fingerprint density at radius 3 is 1.36 bits per heavy atom. The SMILES string of the molecule is CC/C=C/C/C=C/C/C=C/CCCCCCCCC(=O)OC(COCCC(C(=O)O)[N+](C)(C)C)COC(=O)CCCCCCC/C=C/C/C=C/C/C=C/C/C=C/CCCCC. The Bertz CT molecular complexity index is 1270. The Morgan fingerprint density at radius 2 is 0.918 bits per heavy atom. The Balaban J connectivity index is 4.36. The summed E-state index contributed by atoms with van der Waals surface area (Å²) >= 11 is 0. The van der Waals surface area contributed by atoms with Crippen LogP contribution in [0.1, 0.15) is 181 Å². The van der Waals surface area contributed by atoms with Crippen LogP contribution < -0.4 is 0 Å². The van der Waals surface area contributed by atoms with Crippen LogP contribution in [0.15, 0.2) is 85.1 Å². The molecule has 0 amide bonds. The molecule has 0 spiro atoms. The van der Waals surface area contributed by atoms with Crippen LogP contribution in [0, 0.1) is 0 Å². The molecule has 0 rings (SSSR count). The van der Waals surface area contributed by atoms with E-state index in [0.717, 1.165) is 109 Å². The van der Waals surface area contributed by atoms with E-state index in [1.54, 1.807) is 0 Å². The Kier molecular flexibility index (Phi) is 40.7. The van der Waals surface area contributed by atoms with Crippen molar-refractivity contribution in [1.29, 1.82) is 0 Å². The average molecular weight is 853 g/mol. The van der Waals surface area contributed by atoms with Crippen molar-refractivity contribution in [1.82, 2.24) is 0 Å². The van der Waals surface area contributed by atoms with Gasteiger partial charge in [-0.3, -0.25) is 9.59 Å². The Labute approximate surface area is 373 Å². The lowest BCUT2D eigenvalue weighted by Crippen LogP contribution is -2.50. The molecule has 0 aliphatic rings. The van der Waals surface area contributed by atoms with E-state index in [0.29, 0.717) is 19.3 Å². The van der Waals surface area contributed by atoms with Crippen LogP contribution in [0.4, 0.5) is 0 Å². The van der Waals surface area contributed by atoms with Gasteiger partial charge in [0.05, 0.1) is 34.4 Å². The van der Waals surface area contributed by atoms with Gasteiger partial charge in [0.1, 0.15) is 6.61 Å². The number of ether oxygens (including phenoxy) is 3. The van der Waals surface area contributed by atoms with E-state index in [2.05, 4.69) is 98.9 Å². The van der Waals surface area contributed by atoms with Crippen molar-refractivity contribution in [3.8, 4) is 0 Å². The van der Waals surface area contributed by atoms with Crippen molar-refractivity contribution >= 4 is 17.9 Å². The van der Waals surface area contributed by atoms with Crippen molar-refractivity contribution in [2.24, 2.45) is 0 Å². The average Bonchev–Trinajstić information content (AvgIpc) is 3.22. The minimum Gasteiger partial charge on any atom is -0.477 e. The molecule has 0 radical (unpaired) electrons. The summed E-state index contributed by atoms with van der Waals surface area (Å²) in [4.78, 5) is 37.1. The highest BCUT2D eigenvalue weighted by atomic mass is 16.6. The summed E-state index contributed by atoms with van der Waals surface area (Å²) in [6.45, 7) is 4.55. The first-order valence-electron chi connectivity index (χ1n) is 24.1. The van der Waals surface area contributed by atoms with E-state index < -0.39 is 18.1 Å². The van der Waals surface area contributed by atoms with Gasteiger partial charge in [-0.1, -0.05) is 157 Å². The summed E-state index contributed by atoms with van der Waals surface area (Å²) in [5, 5.41) is 9.64. The number of carboxylic acid groups (broad SMARTS) is 1. The smallest absolute Gasteiger partial charge is 0.362 e. The number of likely N-dealkylation sites (N-methyl/N-ethyl adjacent to an activating group) is 1. The lowest BCUT2D eigenvalue weighted by atomic mass is 10.1. The molecule has 348 valence electrons. The largest absolute Gasteiger partial charge is 0.477 e. The molecular formula is C53H90NO7+. The lowest BCUT2D eigenvalue weighted by Gasteiger charge is -2.31. The first-order valence-corrected chi connectivity index (χ1v) is 24.1. The van der Waals surface area contributed by atoms with Crippen molar-refractivity contribution < 1.29 is 38.2 Å². The number of quaternary nitrogens is 1. The van der Waals surface area contributed by atoms with E-state index in [1.807, 2.05) is 21.1 Å². The van der Waals surface area contributed by atoms with Gasteiger partial charge >= 0.3 is 17.9 Å². The van der Waals surface area contributed by atoms with E-state index in [4.69, 9.17) is 14.2 Å². The zero-order chi connectivity index (χ0) is 44.9. The van der Waals surface area contributed by atoms with Crippen LogP contribution in [-0.2, 0) is 28.6 Å². The zero-order valence-corrected chi connectivity index (χ0v) is 39.6. The highest BCUT2D eigenvalue weighted by Gasteiger charge is 2.31. The van der Waals surface area contributed by atoms with Crippen LogP contribution in [0.5, 0.6) is 0 Å². The number of allylic oxidation sites excluding steroid dienone is 14. The summed E-state index contributed by atoms with van der Waals surface area (Å²) in [7, 11) is 5.51. The van der Waals surface area contributed by atoms with Gasteiger partial charge in [0.2, 0.25) is 0 Å². The maximum atomic E-state index is 12.8. The summed E-state index contributed by atoms with van der Waals surface area (Å²) in [5.74, 6) is -1.52. The van der Waals surface area contributed by atoms with Gasteiger partial charge in [0, 0.05) is 19.3 Å². The van der Waals surface area contributed by atoms with Gasteiger partial charge in [-0.05, 0) is 89.9 Å². The summed E-state index contributed by atoms with van der Waals surface area (Å²) in [5.41, 5.74) is 0. The number of hydrogen-bond acceptors (Lipinski definition) is 6. The quantitative estimate of drug-likeness (QED) is 0.0283. The molecule has 0 aromatic heterocycles. The van der Waals surface area contributed by atoms with Gasteiger partial charge in [0.25, 0.3) is 0 Å². The molecule has 1 N–H and O–H groups in total. The first kappa shape index (κ1) is 57.5. The fourth-order valence-electron chi connectivity index (χ4n) is 6.56. The molecule has 0 saturated heterocycles. The Morgan fingerprint density at radius 1 is 0.508 bits per heavy atom. The van der Waals surface area contributed by atoms with Gasteiger partial charge in [-0.2, -0.15) is 0 Å². The van der Waals surface area contributed by atoms with Gasteiger partial charge in [0.15, 0.2) is 12.1 Å². The fourth-order valence-corrected chi connectivity index (χ4v) is 6.56. The van der Waals surface area contributed by atoms with Gasteiger partial charge < -0.3 is 23.8 Å². The summed E-state index contributed by atoms with van der Waals surface area (Å²) in [6.07, 6.45) is 56.2. The number of unbranched alkanes of at least 4 members (excludes halogenated alkanes) is 14. The van der Waals surface area contributed by atoms with Gasteiger partial charge in [-0.25, -0.2) is 4.79 Å². The molecule has 0 heterocycles. The Hall–Kier alpha value is -3.49. The van der Waals surface area contributed by atoms with Crippen LogP contribution >= 0.6 is 0 Å². The van der Waals surface area contributed by atoms with Crippen LogP contribution in [0.25, 0.3) is 0 Å². The third-order valence-corrected chi connectivity index (χ3v) is 10.3. The van der Waals surface area contributed by atoms with Crippen LogP contribution in [-0.4, -0.2) is 80.6 Å². The number of nitrogens with zero attached hydrogens (tertiary/aromatic N) is 1. The first-order chi connectivity index (χ1) is 29.6. The molecule has 8 heteroatoms. The minimum atomic E-state index is -0.883. The molecule has 0 aromatic rings. The number of carbonyl (C=O) groups excluding carboxylic acids is 2. The van der Waals surface area contributed by atoms with E-state index in [9.17, 15) is 19.5 Å². The van der Waals surface area contributed by atoms with Crippen molar-refractivity contribution in [2.45, 2.75) is 193 Å². The van der Waals surface area contributed by atoms with Crippen molar-refractivity contribution in [2.75, 3.05) is 41.0 Å². The molecule has 61 heavy (non-hydrogen) atoms. The predicted molar refractivity (Wildman–Crippen MR) is 256 cm³/mol. The molecule has 2 unspecified atom stereocenters. The fraction of sp³-hybridized carbons (Fsp3) is 0.679. The number of hydrogen-bond donors (Lipinski definition) is 1. The third kappa shape index (κ3) is 41.6. The molecule has 0 bridgehead atoms. The second-order valence-corrected chi connectivity index (χ2v) is 17.0. The third-order valence-electron chi connectivity index (χ3n) is 10.3. The predicted octanol–water partition coefficient (Wildman–Crippen LogP) is 13.7. The summed E-state index contributed by atoms with van der Waals surface area (Å²) in [6, 6.07) is -0.625. The monoisotopic (exact) mass is 853 g/mol. The van der Waals surface area contributed by atoms with Gasteiger partial charge in [-0.15, -0.1) is 0 Å². The van der Waals surface area contributed by atoms with E-state index >= 15 is 0 Å². The number of esters is 2. The second-order valence-electron chi connectivity index (χ2n) is 17.0. The number of carbonyl (C=O) groups is 3. The van der Waals surface area contributed by atoms with Crippen molar-refractivity contribution in [3.63, 3.8) is 0 Å². The molecule has 0 aliphatic heterocycles. The number of aliphatic carboxylic acids is 1. The minimum absolute atomic E-state index is 0.0446. The van der Waals surface area contributed by atoms with Crippen LogP contribution in [0.2, 0.25) is 0 Å². The number of carboxylic acids is 1. The molecule has 0 fully saturated rings. The topological polar surface area (TPSA) is 99.1 Å². The highest BCUT2D eigenvalue weighted by molar-refractivity contribution is 5.72. The number of rotatable bonds is 42. The normalized spacial score (nSPS) is 13.7. The molecular weight excluding hydrogens is 763 g/mol. The molecule has 2 atom stereocenters. The van der Waals surface area contributed by atoms with E-state index in [-0.39, 0.29) is 36.2 Å². The molecule has 0 saturated carbocycles. The molecule has 8 nitrogen and oxygen atoms in total. The standard InChI is InChI=1S/C53H89NO7/c1-6-8-10-12-14-16-18-20-22-24-25-26-27-28-30-31-33-35-37-39-41-43-51(55)60-48-49(47-59-46-45-50(53(57)58)54(3,4)5)61-52(56)44-42-40-38-36-34-32-29-23-21-19-17-15-13-11-9-7-2/h9,11,14-17,20-23,25-26,28,30,49-50H,6-8,10,12-13,18-19,24,27,29,31-48H2,1-5H3/p+1/b11-9+,16-14+,17-15+,22-20+,23-21+,26-25+,30-28+. The van der Waals surface area contributed by atoms with Crippen LogP contribution in [0.3, 0.4) is 0 Å². The van der Waals surface area contributed by atoms with E-state index in [1.165, 1.54) is 38.5 Å². The molecule has 0 aliphatic carbocycles. The van der Waals surface area contributed by atoms with Crippen molar-refractivity contribution in [3.05, 3.63) is 85.1 Å². The maximum absolute atomic E-state index is 12.8. The maximum Gasteiger partial charge on any atom is 0.362 e. The second kappa shape index (κ2) is 43.2.